The number of hydrogen-bond acceptors (Lipinski definition) is 2. The van der Waals surface area contributed by atoms with E-state index in [9.17, 15) is 5.11 Å². The van der Waals surface area contributed by atoms with E-state index in [1.165, 1.54) is 5.39 Å². The minimum atomic E-state index is 0.315. The number of fused-ring (bicyclic) bond motifs is 2. The topological polar surface area (TPSA) is 29.5 Å². The van der Waals surface area contributed by atoms with Crippen LogP contribution in [0.2, 0.25) is 0 Å². The summed E-state index contributed by atoms with van der Waals surface area (Å²) in [7, 11) is 0. The smallest absolute Gasteiger partial charge is 0.123 e. The van der Waals surface area contributed by atoms with Crippen molar-refractivity contribution in [2.45, 2.75) is 13.0 Å². The van der Waals surface area contributed by atoms with Gasteiger partial charge in [0.05, 0.1) is 0 Å². The second-order valence-electron chi connectivity index (χ2n) is 7.50. The molecule has 0 atom stereocenters. The van der Waals surface area contributed by atoms with Gasteiger partial charge in [0.25, 0.3) is 0 Å². The van der Waals surface area contributed by atoms with E-state index in [0.717, 1.165) is 38.6 Å². The SMILES string of the molecule is Oc1ccc2ccccc2c1Cc1c(OCc2ccccc2)ccc2ccccc12. The molecule has 0 aliphatic rings. The second-order valence-corrected chi connectivity index (χ2v) is 7.50. The van der Waals surface area contributed by atoms with Gasteiger partial charge in [0, 0.05) is 17.5 Å². The zero-order chi connectivity index (χ0) is 20.3. The van der Waals surface area contributed by atoms with Crippen LogP contribution in [0, 0.1) is 0 Å². The van der Waals surface area contributed by atoms with Gasteiger partial charge in [0.2, 0.25) is 0 Å². The maximum Gasteiger partial charge on any atom is 0.123 e. The lowest BCUT2D eigenvalue weighted by Crippen LogP contribution is -2.01. The van der Waals surface area contributed by atoms with Gasteiger partial charge in [-0.15, -0.1) is 0 Å². The lowest BCUT2D eigenvalue weighted by Gasteiger charge is -2.16. The first-order valence-corrected chi connectivity index (χ1v) is 10.2. The number of rotatable bonds is 5. The van der Waals surface area contributed by atoms with Crippen molar-refractivity contribution in [3.05, 3.63) is 120 Å². The van der Waals surface area contributed by atoms with Gasteiger partial charge in [-0.1, -0.05) is 91.0 Å². The zero-order valence-electron chi connectivity index (χ0n) is 16.6. The summed E-state index contributed by atoms with van der Waals surface area (Å²) in [6.45, 7) is 0.508. The summed E-state index contributed by atoms with van der Waals surface area (Å²) < 4.78 is 6.27. The summed E-state index contributed by atoms with van der Waals surface area (Å²) in [6.07, 6.45) is 0.596. The van der Waals surface area contributed by atoms with E-state index in [1.807, 2.05) is 48.5 Å². The molecular formula is C28H22O2. The molecule has 5 rings (SSSR count). The standard InChI is InChI=1S/C28H22O2/c29-27-16-14-21-10-4-6-12-23(21)25(27)18-26-24-13-7-5-11-22(24)15-17-28(26)30-19-20-8-2-1-3-9-20/h1-17,29H,18-19H2. The Kier molecular flexibility index (Phi) is 4.82. The van der Waals surface area contributed by atoms with Gasteiger partial charge in [0.1, 0.15) is 18.1 Å². The quantitative estimate of drug-likeness (QED) is 0.355. The summed E-state index contributed by atoms with van der Waals surface area (Å²) in [5, 5.41) is 15.2. The maximum absolute atomic E-state index is 10.7. The van der Waals surface area contributed by atoms with Crippen LogP contribution in [0.5, 0.6) is 11.5 Å². The maximum atomic E-state index is 10.7. The van der Waals surface area contributed by atoms with Crippen LogP contribution in [-0.2, 0) is 13.0 Å². The summed E-state index contributed by atoms with van der Waals surface area (Å²) >= 11 is 0. The predicted octanol–water partition coefficient (Wildman–Crippen LogP) is 6.87. The lowest BCUT2D eigenvalue weighted by atomic mass is 9.93. The highest BCUT2D eigenvalue weighted by Crippen LogP contribution is 2.35. The first-order chi connectivity index (χ1) is 14.8. The van der Waals surface area contributed by atoms with Crippen molar-refractivity contribution in [1.82, 2.24) is 0 Å². The summed E-state index contributed by atoms with van der Waals surface area (Å²) in [5.41, 5.74) is 3.15. The van der Waals surface area contributed by atoms with Crippen LogP contribution in [0.1, 0.15) is 16.7 Å². The molecule has 0 aliphatic carbocycles. The molecule has 5 aromatic carbocycles. The molecule has 146 valence electrons. The van der Waals surface area contributed by atoms with E-state index < -0.39 is 0 Å². The fraction of sp³-hybridized carbons (Fsp3) is 0.0714. The summed E-state index contributed by atoms with van der Waals surface area (Å²) in [5.74, 6) is 1.17. The third-order valence-corrected chi connectivity index (χ3v) is 5.60. The van der Waals surface area contributed by atoms with E-state index in [0.29, 0.717) is 18.8 Å². The van der Waals surface area contributed by atoms with E-state index in [-0.39, 0.29) is 0 Å². The van der Waals surface area contributed by atoms with E-state index in [4.69, 9.17) is 4.74 Å². The summed E-state index contributed by atoms with van der Waals surface area (Å²) in [4.78, 5) is 0. The third-order valence-electron chi connectivity index (χ3n) is 5.60. The molecule has 0 spiro atoms. The molecule has 30 heavy (non-hydrogen) atoms. The first-order valence-electron chi connectivity index (χ1n) is 10.2. The molecule has 0 aromatic heterocycles. The molecule has 0 aliphatic heterocycles. The van der Waals surface area contributed by atoms with Gasteiger partial charge in [-0.25, -0.2) is 0 Å². The molecule has 5 aromatic rings. The number of hydrogen-bond donors (Lipinski definition) is 1. The number of aromatic hydroxyl groups is 1. The molecule has 2 nitrogen and oxygen atoms in total. The highest BCUT2D eigenvalue weighted by atomic mass is 16.5. The van der Waals surface area contributed by atoms with Crippen molar-refractivity contribution in [2.75, 3.05) is 0 Å². The fourth-order valence-corrected chi connectivity index (χ4v) is 4.06. The lowest BCUT2D eigenvalue weighted by molar-refractivity contribution is 0.304. The summed E-state index contributed by atoms with van der Waals surface area (Å²) in [6, 6.07) is 34.6. The van der Waals surface area contributed by atoms with Crippen molar-refractivity contribution < 1.29 is 9.84 Å². The Balaban J connectivity index is 1.61. The Morgan fingerprint density at radius 1 is 0.567 bits per heavy atom. The normalized spacial score (nSPS) is 11.1. The molecule has 0 radical (unpaired) electrons. The molecule has 0 bridgehead atoms. The van der Waals surface area contributed by atoms with Crippen molar-refractivity contribution in [1.29, 1.82) is 0 Å². The van der Waals surface area contributed by atoms with Gasteiger partial charge in [0.15, 0.2) is 0 Å². The van der Waals surface area contributed by atoms with Crippen LogP contribution in [0.3, 0.4) is 0 Å². The van der Waals surface area contributed by atoms with E-state index in [1.54, 1.807) is 6.07 Å². The number of phenols is 1. The molecule has 0 unspecified atom stereocenters. The monoisotopic (exact) mass is 390 g/mol. The largest absolute Gasteiger partial charge is 0.508 e. The Morgan fingerprint density at radius 2 is 1.17 bits per heavy atom. The average molecular weight is 390 g/mol. The minimum absolute atomic E-state index is 0.315. The zero-order valence-corrected chi connectivity index (χ0v) is 16.6. The molecule has 0 fully saturated rings. The second kappa shape index (κ2) is 7.92. The van der Waals surface area contributed by atoms with E-state index in [2.05, 4.69) is 48.5 Å². The average Bonchev–Trinajstić information content (AvgIpc) is 2.81. The molecule has 0 amide bonds. The van der Waals surface area contributed by atoms with Crippen molar-refractivity contribution in [2.24, 2.45) is 0 Å². The van der Waals surface area contributed by atoms with Crippen LogP contribution in [0.4, 0.5) is 0 Å². The van der Waals surface area contributed by atoms with Gasteiger partial charge in [-0.2, -0.15) is 0 Å². The Hall–Kier alpha value is -3.78. The molecular weight excluding hydrogens is 368 g/mol. The predicted molar refractivity (Wildman–Crippen MR) is 123 cm³/mol. The Labute approximate surface area is 176 Å². The van der Waals surface area contributed by atoms with E-state index >= 15 is 0 Å². The number of benzene rings is 5. The molecule has 0 saturated heterocycles. The highest BCUT2D eigenvalue weighted by Gasteiger charge is 2.14. The fourth-order valence-electron chi connectivity index (χ4n) is 4.06. The Bertz CT molecular complexity index is 1320. The van der Waals surface area contributed by atoms with Gasteiger partial charge < -0.3 is 9.84 Å². The van der Waals surface area contributed by atoms with Gasteiger partial charge >= 0.3 is 0 Å². The van der Waals surface area contributed by atoms with Crippen LogP contribution in [0.15, 0.2) is 103 Å². The van der Waals surface area contributed by atoms with Gasteiger partial charge in [-0.05, 0) is 39.2 Å². The van der Waals surface area contributed by atoms with Crippen LogP contribution < -0.4 is 4.74 Å². The van der Waals surface area contributed by atoms with Crippen LogP contribution >= 0.6 is 0 Å². The first kappa shape index (κ1) is 18.3. The Morgan fingerprint density at radius 3 is 1.90 bits per heavy atom. The molecule has 2 heteroatoms. The van der Waals surface area contributed by atoms with Gasteiger partial charge in [-0.3, -0.25) is 0 Å². The highest BCUT2D eigenvalue weighted by molar-refractivity contribution is 5.91. The minimum Gasteiger partial charge on any atom is -0.508 e. The van der Waals surface area contributed by atoms with Crippen LogP contribution in [-0.4, -0.2) is 5.11 Å². The number of phenolic OH excluding ortho intramolecular Hbond substituents is 1. The van der Waals surface area contributed by atoms with Crippen LogP contribution in [0.25, 0.3) is 21.5 Å². The molecule has 0 heterocycles. The van der Waals surface area contributed by atoms with Crippen molar-refractivity contribution in [3.63, 3.8) is 0 Å². The third kappa shape index (κ3) is 3.48. The van der Waals surface area contributed by atoms with Crippen molar-refractivity contribution in [3.8, 4) is 11.5 Å². The number of ether oxygens (including phenoxy) is 1. The van der Waals surface area contributed by atoms with Crippen molar-refractivity contribution >= 4 is 21.5 Å². The molecule has 0 saturated carbocycles. The molecule has 1 N–H and O–H groups in total.